The van der Waals surface area contributed by atoms with E-state index in [1.807, 2.05) is 11.8 Å². The fraction of sp³-hybridized carbons (Fsp3) is 0.652. The smallest absolute Gasteiger partial charge is 0.241 e. The molecule has 3 rings (SSSR count). The third kappa shape index (κ3) is 7.32. The van der Waals surface area contributed by atoms with E-state index < -0.39 is 0 Å². The first-order valence-corrected chi connectivity index (χ1v) is 11.3. The van der Waals surface area contributed by atoms with Gasteiger partial charge in [-0.1, -0.05) is 31.4 Å². The fourth-order valence-electron chi connectivity index (χ4n) is 4.27. The van der Waals surface area contributed by atoms with E-state index in [9.17, 15) is 4.79 Å². The van der Waals surface area contributed by atoms with Crippen molar-refractivity contribution in [1.29, 1.82) is 0 Å². The van der Waals surface area contributed by atoms with Gasteiger partial charge in [0.15, 0.2) is 5.96 Å². The Morgan fingerprint density at radius 1 is 1.07 bits per heavy atom. The summed E-state index contributed by atoms with van der Waals surface area (Å²) < 4.78 is 0. The van der Waals surface area contributed by atoms with Crippen molar-refractivity contribution in [3.05, 3.63) is 29.8 Å². The molecule has 1 aromatic carbocycles. The van der Waals surface area contributed by atoms with Crippen molar-refractivity contribution in [3.8, 4) is 0 Å². The molecule has 168 valence electrons. The van der Waals surface area contributed by atoms with E-state index in [1.54, 1.807) is 0 Å². The van der Waals surface area contributed by atoms with Crippen LogP contribution < -0.4 is 15.5 Å². The number of amides is 1. The Balaban J connectivity index is 0.00000320. The Morgan fingerprint density at radius 3 is 2.37 bits per heavy atom. The van der Waals surface area contributed by atoms with Gasteiger partial charge in [-0.2, -0.15) is 0 Å². The fourth-order valence-corrected chi connectivity index (χ4v) is 4.27. The van der Waals surface area contributed by atoms with Crippen LogP contribution >= 0.6 is 24.0 Å². The predicted octanol–water partition coefficient (Wildman–Crippen LogP) is 3.75. The molecular formula is C23H38IN5O. The second-order valence-corrected chi connectivity index (χ2v) is 8.21. The van der Waals surface area contributed by atoms with Gasteiger partial charge in [0.2, 0.25) is 5.91 Å². The summed E-state index contributed by atoms with van der Waals surface area (Å²) in [5, 5.41) is 6.41. The number of likely N-dealkylation sites (tertiary alicyclic amines) is 1. The molecular weight excluding hydrogens is 489 g/mol. The van der Waals surface area contributed by atoms with E-state index in [-0.39, 0.29) is 29.9 Å². The van der Waals surface area contributed by atoms with Gasteiger partial charge in [-0.15, -0.1) is 24.0 Å². The number of hydrogen-bond acceptors (Lipinski definition) is 3. The second-order valence-electron chi connectivity index (χ2n) is 8.21. The molecule has 0 unspecified atom stereocenters. The molecule has 1 aliphatic heterocycles. The minimum Gasteiger partial charge on any atom is -0.372 e. The lowest BCUT2D eigenvalue weighted by molar-refractivity contribution is -0.128. The first-order valence-electron chi connectivity index (χ1n) is 11.3. The van der Waals surface area contributed by atoms with Crippen LogP contribution in [-0.2, 0) is 11.3 Å². The number of hydrogen-bond donors (Lipinski definition) is 2. The Bertz CT molecular complexity index is 667. The molecule has 0 bridgehead atoms. The first-order chi connectivity index (χ1) is 14.2. The first kappa shape index (κ1) is 24.8. The van der Waals surface area contributed by atoms with Crippen LogP contribution in [0.4, 0.5) is 5.69 Å². The average molecular weight is 527 g/mol. The van der Waals surface area contributed by atoms with Crippen LogP contribution in [0.3, 0.4) is 0 Å². The normalized spacial score (nSPS) is 17.4. The number of halogens is 1. The molecule has 2 N–H and O–H groups in total. The van der Waals surface area contributed by atoms with Crippen LogP contribution in [0.2, 0.25) is 0 Å². The van der Waals surface area contributed by atoms with Crippen molar-refractivity contribution in [3.63, 3.8) is 0 Å². The number of carbonyl (C=O) groups excluding carboxylic acids is 1. The minimum absolute atomic E-state index is 0. The number of nitrogens with zero attached hydrogens (tertiary/aromatic N) is 3. The molecule has 1 saturated carbocycles. The quantitative estimate of drug-likeness (QED) is 0.322. The van der Waals surface area contributed by atoms with Gasteiger partial charge in [0.05, 0.1) is 13.1 Å². The SMILES string of the molecule is CCNC(=NCc1ccc(N(C)C2CCCCC2)cc1)NCC(=O)N1CCCC1.I. The van der Waals surface area contributed by atoms with Crippen molar-refractivity contribution < 1.29 is 4.79 Å². The molecule has 1 aromatic rings. The number of nitrogens with one attached hydrogen (secondary N) is 2. The van der Waals surface area contributed by atoms with Crippen molar-refractivity contribution in [2.45, 2.75) is 64.5 Å². The Hall–Kier alpha value is -1.51. The molecule has 0 spiro atoms. The standard InChI is InChI=1S/C23H37N5O.HI/c1-3-24-23(26-18-22(29)28-15-7-8-16-28)25-17-19-11-13-21(14-12-19)27(2)20-9-5-4-6-10-20;/h11-14,20H,3-10,15-18H2,1-2H3,(H2,24,25,26);1H. The van der Waals surface area contributed by atoms with Crippen LogP contribution in [0.15, 0.2) is 29.3 Å². The number of guanidine groups is 1. The lowest BCUT2D eigenvalue weighted by Gasteiger charge is -2.33. The molecule has 0 atom stereocenters. The van der Waals surface area contributed by atoms with E-state index in [2.05, 4.69) is 51.8 Å². The largest absolute Gasteiger partial charge is 0.372 e. The summed E-state index contributed by atoms with van der Waals surface area (Å²) in [6.45, 7) is 5.48. The van der Waals surface area contributed by atoms with Gasteiger partial charge in [0.1, 0.15) is 0 Å². The van der Waals surface area contributed by atoms with Crippen molar-refractivity contribution in [1.82, 2.24) is 15.5 Å². The van der Waals surface area contributed by atoms with E-state index in [1.165, 1.54) is 43.4 Å². The molecule has 1 amide bonds. The summed E-state index contributed by atoms with van der Waals surface area (Å²) in [4.78, 5) is 21.3. The lowest BCUT2D eigenvalue weighted by Crippen LogP contribution is -2.44. The summed E-state index contributed by atoms with van der Waals surface area (Å²) >= 11 is 0. The Kier molecular flexibility index (Phi) is 10.7. The van der Waals surface area contributed by atoms with Gasteiger partial charge in [-0.05, 0) is 50.3 Å². The third-order valence-electron chi connectivity index (χ3n) is 6.10. The van der Waals surface area contributed by atoms with E-state index in [0.717, 1.165) is 32.5 Å². The van der Waals surface area contributed by atoms with Crippen LogP contribution in [0.5, 0.6) is 0 Å². The summed E-state index contributed by atoms with van der Waals surface area (Å²) in [5.74, 6) is 0.853. The minimum atomic E-state index is 0. The molecule has 1 saturated heterocycles. The zero-order chi connectivity index (χ0) is 20.5. The van der Waals surface area contributed by atoms with Crippen LogP contribution in [0.25, 0.3) is 0 Å². The summed E-state index contributed by atoms with van der Waals surface area (Å²) in [7, 11) is 2.22. The Morgan fingerprint density at radius 2 is 1.73 bits per heavy atom. The topological polar surface area (TPSA) is 60.0 Å². The molecule has 7 heteroatoms. The number of benzene rings is 1. The molecule has 0 radical (unpaired) electrons. The lowest BCUT2D eigenvalue weighted by atomic mass is 9.94. The van der Waals surface area contributed by atoms with Gasteiger partial charge < -0.3 is 20.4 Å². The zero-order valence-electron chi connectivity index (χ0n) is 18.5. The zero-order valence-corrected chi connectivity index (χ0v) is 20.9. The molecule has 2 fully saturated rings. The maximum atomic E-state index is 12.2. The van der Waals surface area contributed by atoms with E-state index in [0.29, 0.717) is 25.1 Å². The molecule has 0 aromatic heterocycles. The summed E-state index contributed by atoms with van der Waals surface area (Å²) in [5.41, 5.74) is 2.46. The Labute approximate surface area is 198 Å². The highest BCUT2D eigenvalue weighted by molar-refractivity contribution is 14.0. The summed E-state index contributed by atoms with van der Waals surface area (Å²) in [6.07, 6.45) is 8.92. The van der Waals surface area contributed by atoms with Crippen LogP contribution in [-0.4, -0.2) is 56.0 Å². The molecule has 30 heavy (non-hydrogen) atoms. The maximum Gasteiger partial charge on any atom is 0.241 e. The van der Waals surface area contributed by atoms with Crippen molar-refractivity contribution >= 4 is 41.5 Å². The monoisotopic (exact) mass is 527 g/mol. The third-order valence-corrected chi connectivity index (χ3v) is 6.10. The van der Waals surface area contributed by atoms with Gasteiger partial charge >= 0.3 is 0 Å². The summed E-state index contributed by atoms with van der Waals surface area (Å²) in [6, 6.07) is 9.41. The highest BCUT2D eigenvalue weighted by Crippen LogP contribution is 2.26. The highest BCUT2D eigenvalue weighted by Gasteiger charge is 2.19. The van der Waals surface area contributed by atoms with Crippen molar-refractivity contribution in [2.75, 3.05) is 38.1 Å². The molecule has 2 aliphatic rings. The number of anilines is 1. The molecule has 1 heterocycles. The maximum absolute atomic E-state index is 12.2. The number of rotatable bonds is 7. The molecule has 6 nitrogen and oxygen atoms in total. The number of aliphatic imine (C=N–C) groups is 1. The highest BCUT2D eigenvalue weighted by atomic mass is 127. The van der Waals surface area contributed by atoms with E-state index in [4.69, 9.17) is 0 Å². The van der Waals surface area contributed by atoms with Gasteiger partial charge in [0, 0.05) is 38.4 Å². The molecule has 1 aliphatic carbocycles. The van der Waals surface area contributed by atoms with Gasteiger partial charge in [-0.3, -0.25) is 4.79 Å². The second kappa shape index (κ2) is 13.0. The van der Waals surface area contributed by atoms with Crippen LogP contribution in [0, 0.1) is 0 Å². The average Bonchev–Trinajstić information content (AvgIpc) is 3.31. The van der Waals surface area contributed by atoms with Gasteiger partial charge in [-0.25, -0.2) is 4.99 Å². The van der Waals surface area contributed by atoms with Crippen molar-refractivity contribution in [2.24, 2.45) is 4.99 Å². The predicted molar refractivity (Wildman–Crippen MR) is 136 cm³/mol. The van der Waals surface area contributed by atoms with Gasteiger partial charge in [0.25, 0.3) is 0 Å². The van der Waals surface area contributed by atoms with E-state index >= 15 is 0 Å². The van der Waals surface area contributed by atoms with Crippen LogP contribution in [0.1, 0.15) is 57.4 Å². The number of carbonyl (C=O) groups is 1.